The SMILES string of the molecule is C[C@H]1[C@@H](Oc2ccc(-c3ncc(-c4cn5ccnc5cn4)cc3O)nn2)CC(C)(C)NC1(C)C. The van der Waals surface area contributed by atoms with Crippen LogP contribution in [0.25, 0.3) is 28.3 Å². The molecule has 5 heterocycles. The molecule has 1 aliphatic rings. The van der Waals surface area contributed by atoms with Crippen molar-refractivity contribution >= 4 is 5.65 Å². The zero-order chi connectivity index (χ0) is 24.1. The zero-order valence-corrected chi connectivity index (χ0v) is 20.0. The second-order valence-corrected chi connectivity index (χ2v) is 10.2. The first kappa shape index (κ1) is 22.2. The van der Waals surface area contributed by atoms with Crippen LogP contribution in [0.5, 0.6) is 11.6 Å². The summed E-state index contributed by atoms with van der Waals surface area (Å²) in [4.78, 5) is 13.0. The number of nitrogens with one attached hydrogen (secondary N) is 1. The lowest BCUT2D eigenvalue weighted by atomic mass is 9.73. The smallest absolute Gasteiger partial charge is 0.233 e. The fourth-order valence-corrected chi connectivity index (χ4v) is 4.76. The molecular weight excluding hydrogens is 430 g/mol. The number of rotatable bonds is 4. The Morgan fingerprint density at radius 2 is 1.88 bits per heavy atom. The Labute approximate surface area is 198 Å². The average Bonchev–Trinajstić information content (AvgIpc) is 3.25. The summed E-state index contributed by atoms with van der Waals surface area (Å²) in [6.07, 6.45) is 9.60. The third-order valence-corrected chi connectivity index (χ3v) is 6.67. The first-order valence-electron chi connectivity index (χ1n) is 11.4. The number of hydrogen-bond acceptors (Lipinski definition) is 8. The van der Waals surface area contributed by atoms with E-state index in [2.05, 4.69) is 65.1 Å². The zero-order valence-electron chi connectivity index (χ0n) is 20.0. The van der Waals surface area contributed by atoms with E-state index in [1.807, 2.05) is 16.8 Å². The maximum absolute atomic E-state index is 10.6. The predicted molar refractivity (Wildman–Crippen MR) is 128 cm³/mol. The van der Waals surface area contributed by atoms with E-state index >= 15 is 0 Å². The molecule has 1 fully saturated rings. The molecule has 9 nitrogen and oxygen atoms in total. The molecule has 0 spiro atoms. The molecule has 0 amide bonds. The highest BCUT2D eigenvalue weighted by molar-refractivity contribution is 5.68. The van der Waals surface area contributed by atoms with Crippen molar-refractivity contribution in [3.05, 3.63) is 49.2 Å². The van der Waals surface area contributed by atoms with Crippen molar-refractivity contribution in [2.45, 2.75) is 58.2 Å². The van der Waals surface area contributed by atoms with Gasteiger partial charge in [-0.05, 0) is 39.8 Å². The van der Waals surface area contributed by atoms with E-state index < -0.39 is 0 Å². The van der Waals surface area contributed by atoms with Crippen LogP contribution in [0.15, 0.2) is 49.2 Å². The largest absolute Gasteiger partial charge is 0.506 e. The third kappa shape index (κ3) is 4.19. The van der Waals surface area contributed by atoms with E-state index in [-0.39, 0.29) is 28.8 Å². The first-order chi connectivity index (χ1) is 16.1. The van der Waals surface area contributed by atoms with Gasteiger partial charge >= 0.3 is 0 Å². The van der Waals surface area contributed by atoms with E-state index in [0.717, 1.165) is 12.1 Å². The number of ether oxygens (including phenoxy) is 1. The Hall–Kier alpha value is -3.59. The van der Waals surface area contributed by atoms with Gasteiger partial charge in [0.1, 0.15) is 23.2 Å². The van der Waals surface area contributed by atoms with Crippen LogP contribution in [0.3, 0.4) is 0 Å². The minimum atomic E-state index is -0.0610. The molecular formula is C25H29N7O2. The molecule has 2 N–H and O–H groups in total. The van der Waals surface area contributed by atoms with Gasteiger partial charge in [-0.1, -0.05) is 6.92 Å². The summed E-state index contributed by atoms with van der Waals surface area (Å²) in [6, 6.07) is 5.17. The molecule has 9 heteroatoms. The number of piperidine rings is 1. The van der Waals surface area contributed by atoms with E-state index in [4.69, 9.17) is 4.74 Å². The van der Waals surface area contributed by atoms with Crippen molar-refractivity contribution < 1.29 is 9.84 Å². The highest BCUT2D eigenvalue weighted by Crippen LogP contribution is 2.36. The van der Waals surface area contributed by atoms with Crippen molar-refractivity contribution in [1.82, 2.24) is 34.9 Å². The summed E-state index contributed by atoms with van der Waals surface area (Å²) in [5.74, 6) is 0.752. The van der Waals surface area contributed by atoms with Gasteiger partial charge < -0.3 is 19.6 Å². The summed E-state index contributed by atoms with van der Waals surface area (Å²) in [6.45, 7) is 11.0. The van der Waals surface area contributed by atoms with Gasteiger partial charge in [0.15, 0.2) is 5.65 Å². The summed E-state index contributed by atoms with van der Waals surface area (Å²) >= 11 is 0. The van der Waals surface area contributed by atoms with Gasteiger partial charge in [0.2, 0.25) is 5.88 Å². The lowest BCUT2D eigenvalue weighted by molar-refractivity contribution is -0.000169. The maximum atomic E-state index is 10.6. The molecule has 0 aliphatic carbocycles. The minimum Gasteiger partial charge on any atom is -0.506 e. The third-order valence-electron chi connectivity index (χ3n) is 6.67. The molecule has 5 rings (SSSR count). The Bertz CT molecular complexity index is 1330. The molecule has 0 radical (unpaired) electrons. The highest BCUT2D eigenvalue weighted by Gasteiger charge is 2.44. The Morgan fingerprint density at radius 3 is 2.62 bits per heavy atom. The van der Waals surface area contributed by atoms with E-state index in [0.29, 0.717) is 28.5 Å². The molecule has 2 atom stereocenters. The maximum Gasteiger partial charge on any atom is 0.233 e. The molecule has 34 heavy (non-hydrogen) atoms. The normalized spacial score (nSPS) is 21.4. The molecule has 0 saturated carbocycles. The van der Waals surface area contributed by atoms with Crippen molar-refractivity contribution in [2.24, 2.45) is 5.92 Å². The van der Waals surface area contributed by atoms with Crippen LogP contribution in [0, 0.1) is 5.92 Å². The lowest BCUT2D eigenvalue weighted by Crippen LogP contribution is -2.64. The quantitative estimate of drug-likeness (QED) is 0.473. The Kier molecular flexibility index (Phi) is 5.24. The predicted octanol–water partition coefficient (Wildman–Crippen LogP) is 3.89. The van der Waals surface area contributed by atoms with E-state index in [1.54, 1.807) is 36.8 Å². The standard InChI is InChI=1S/C25H29N7O2/c1-15-20(11-24(2,3)31-25(15,4)5)34-22-7-6-17(29-30-22)23-19(33)10-16(12-28-23)18-14-32-9-8-26-21(32)13-27-18/h6-10,12-15,20,31,33H,11H2,1-5H3/t15-,20-/m0/s1. The minimum absolute atomic E-state index is 0.00322. The monoisotopic (exact) mass is 459 g/mol. The van der Waals surface area contributed by atoms with Crippen molar-refractivity contribution in [2.75, 3.05) is 0 Å². The Balaban J connectivity index is 1.35. The molecule has 0 aromatic carbocycles. The molecule has 4 aromatic rings. The number of aromatic hydroxyl groups is 1. The number of pyridine rings is 1. The van der Waals surface area contributed by atoms with Crippen LogP contribution >= 0.6 is 0 Å². The van der Waals surface area contributed by atoms with Crippen molar-refractivity contribution in [3.8, 4) is 34.3 Å². The highest BCUT2D eigenvalue weighted by atomic mass is 16.5. The molecule has 1 aliphatic heterocycles. The summed E-state index contributed by atoms with van der Waals surface area (Å²) in [7, 11) is 0. The summed E-state index contributed by atoms with van der Waals surface area (Å²) in [5, 5.41) is 22.9. The fraction of sp³-hybridized carbons (Fsp3) is 0.400. The van der Waals surface area contributed by atoms with Crippen LogP contribution in [0.2, 0.25) is 0 Å². The first-order valence-corrected chi connectivity index (χ1v) is 11.4. The van der Waals surface area contributed by atoms with Crippen LogP contribution in [0.1, 0.15) is 41.0 Å². The van der Waals surface area contributed by atoms with Crippen LogP contribution < -0.4 is 10.1 Å². The van der Waals surface area contributed by atoms with Gasteiger partial charge in [-0.3, -0.25) is 4.98 Å². The fourth-order valence-electron chi connectivity index (χ4n) is 4.76. The average molecular weight is 460 g/mol. The van der Waals surface area contributed by atoms with Crippen LogP contribution in [0.4, 0.5) is 0 Å². The molecule has 176 valence electrons. The second-order valence-electron chi connectivity index (χ2n) is 10.2. The van der Waals surface area contributed by atoms with Gasteiger partial charge in [0.05, 0.1) is 11.9 Å². The Morgan fingerprint density at radius 1 is 1.06 bits per heavy atom. The van der Waals surface area contributed by atoms with E-state index in [1.165, 1.54) is 0 Å². The molecule has 0 unspecified atom stereocenters. The second kappa shape index (κ2) is 8.02. The number of aromatic nitrogens is 6. The summed E-state index contributed by atoms with van der Waals surface area (Å²) < 4.78 is 8.12. The topological polar surface area (TPSA) is 110 Å². The number of nitrogens with zero attached hydrogens (tertiary/aromatic N) is 6. The number of fused-ring (bicyclic) bond motifs is 1. The van der Waals surface area contributed by atoms with Crippen molar-refractivity contribution in [1.29, 1.82) is 0 Å². The summed E-state index contributed by atoms with van der Waals surface area (Å²) in [5.41, 5.74) is 2.84. The molecule has 0 bridgehead atoms. The van der Waals surface area contributed by atoms with Gasteiger partial charge in [-0.25, -0.2) is 9.97 Å². The lowest BCUT2D eigenvalue weighted by Gasteiger charge is -2.50. The van der Waals surface area contributed by atoms with E-state index in [9.17, 15) is 5.11 Å². The van der Waals surface area contributed by atoms with Crippen molar-refractivity contribution in [3.63, 3.8) is 0 Å². The number of hydrogen-bond donors (Lipinski definition) is 2. The molecule has 4 aromatic heterocycles. The van der Waals surface area contributed by atoms with Gasteiger partial charge in [-0.15, -0.1) is 10.2 Å². The van der Waals surface area contributed by atoms with Crippen LogP contribution in [-0.4, -0.2) is 51.8 Å². The van der Waals surface area contributed by atoms with Gasteiger partial charge in [0, 0.05) is 59.8 Å². The number of imidazole rings is 1. The van der Waals surface area contributed by atoms with Gasteiger partial charge in [0.25, 0.3) is 0 Å². The molecule has 1 saturated heterocycles. The van der Waals surface area contributed by atoms with Gasteiger partial charge in [-0.2, -0.15) is 0 Å². The van der Waals surface area contributed by atoms with Crippen LogP contribution in [-0.2, 0) is 0 Å².